The Morgan fingerprint density at radius 2 is 2.28 bits per heavy atom. The normalized spacial score (nSPS) is 10.6. The highest BCUT2D eigenvalue weighted by Gasteiger charge is 2.05. The third-order valence-corrected chi connectivity index (χ3v) is 3.41. The fourth-order valence-corrected chi connectivity index (χ4v) is 2.46. The smallest absolute Gasteiger partial charge is 0.123 e. The minimum atomic E-state index is 0.142. The first-order valence-electron chi connectivity index (χ1n) is 6.12. The monoisotopic (exact) mass is 263 g/mol. The van der Waals surface area contributed by atoms with E-state index in [0.717, 1.165) is 35.0 Å². The zero-order valence-electron chi connectivity index (χ0n) is 10.4. The Bertz CT molecular complexity index is 496. The number of aliphatic hydroxyl groups excluding tert-OH is 1. The lowest BCUT2D eigenvalue weighted by Gasteiger charge is -2.05. The second-order valence-electron chi connectivity index (χ2n) is 3.99. The van der Waals surface area contributed by atoms with Gasteiger partial charge < -0.3 is 9.84 Å². The molecule has 0 saturated heterocycles. The van der Waals surface area contributed by atoms with Gasteiger partial charge in [0.15, 0.2) is 0 Å². The second-order valence-corrected chi connectivity index (χ2v) is 4.85. The molecule has 3 nitrogen and oxygen atoms in total. The van der Waals surface area contributed by atoms with E-state index in [4.69, 9.17) is 9.84 Å². The van der Waals surface area contributed by atoms with Gasteiger partial charge in [-0.1, -0.05) is 19.1 Å². The molecule has 0 aliphatic heterocycles. The number of aliphatic hydroxyl groups is 1. The molecular weight excluding hydrogens is 246 g/mol. The number of rotatable bonds is 6. The van der Waals surface area contributed by atoms with Gasteiger partial charge in [-0.2, -0.15) is 0 Å². The number of hydrogen-bond acceptors (Lipinski definition) is 4. The van der Waals surface area contributed by atoms with E-state index in [9.17, 15) is 0 Å². The van der Waals surface area contributed by atoms with Crippen LogP contribution in [0.3, 0.4) is 0 Å². The third-order valence-electron chi connectivity index (χ3n) is 2.47. The van der Waals surface area contributed by atoms with Crippen LogP contribution in [0.5, 0.6) is 5.75 Å². The Morgan fingerprint density at radius 1 is 1.39 bits per heavy atom. The maximum absolute atomic E-state index is 8.89. The van der Waals surface area contributed by atoms with E-state index >= 15 is 0 Å². The molecule has 1 aromatic heterocycles. The fourth-order valence-electron chi connectivity index (χ4n) is 1.61. The summed E-state index contributed by atoms with van der Waals surface area (Å²) < 4.78 is 5.61. The Balaban J connectivity index is 2.15. The van der Waals surface area contributed by atoms with Gasteiger partial charge in [0.2, 0.25) is 0 Å². The van der Waals surface area contributed by atoms with E-state index in [0.29, 0.717) is 6.42 Å². The second kappa shape index (κ2) is 6.52. The van der Waals surface area contributed by atoms with Crippen LogP contribution in [0.1, 0.15) is 19.0 Å². The van der Waals surface area contributed by atoms with Gasteiger partial charge in [-0.3, -0.25) is 0 Å². The minimum absolute atomic E-state index is 0.142. The zero-order valence-corrected chi connectivity index (χ0v) is 11.2. The highest BCUT2D eigenvalue weighted by atomic mass is 32.1. The van der Waals surface area contributed by atoms with E-state index in [1.807, 2.05) is 29.6 Å². The van der Waals surface area contributed by atoms with Crippen LogP contribution in [0.2, 0.25) is 0 Å². The molecule has 0 amide bonds. The molecule has 2 rings (SSSR count). The predicted molar refractivity (Wildman–Crippen MR) is 74.1 cm³/mol. The Morgan fingerprint density at radius 3 is 3.06 bits per heavy atom. The van der Waals surface area contributed by atoms with Crippen LogP contribution in [0.25, 0.3) is 10.6 Å². The first kappa shape index (κ1) is 13.1. The standard InChI is InChI=1S/C14H17NO2S/c1-2-8-17-13-5-3-4-11(9-13)14-15-12(6-7-16)10-18-14/h3-5,9-10,16H,2,6-8H2,1H3. The van der Waals surface area contributed by atoms with Crippen molar-refractivity contribution in [2.45, 2.75) is 19.8 Å². The highest BCUT2D eigenvalue weighted by Crippen LogP contribution is 2.27. The number of thiazole rings is 1. The van der Waals surface area contributed by atoms with Crippen molar-refractivity contribution in [3.63, 3.8) is 0 Å². The topological polar surface area (TPSA) is 42.4 Å². The lowest BCUT2D eigenvalue weighted by atomic mass is 10.2. The molecule has 1 heterocycles. The molecule has 4 heteroatoms. The van der Waals surface area contributed by atoms with Gasteiger partial charge in [0, 0.05) is 24.0 Å². The van der Waals surface area contributed by atoms with Crippen LogP contribution in [0.4, 0.5) is 0 Å². The van der Waals surface area contributed by atoms with Crippen molar-refractivity contribution < 1.29 is 9.84 Å². The van der Waals surface area contributed by atoms with E-state index in [-0.39, 0.29) is 6.61 Å². The lowest BCUT2D eigenvalue weighted by molar-refractivity contribution is 0.298. The number of benzene rings is 1. The van der Waals surface area contributed by atoms with Gasteiger partial charge in [-0.15, -0.1) is 11.3 Å². The average Bonchev–Trinajstić information content (AvgIpc) is 2.86. The van der Waals surface area contributed by atoms with Crippen molar-refractivity contribution in [3.05, 3.63) is 35.3 Å². The summed E-state index contributed by atoms with van der Waals surface area (Å²) >= 11 is 1.60. The minimum Gasteiger partial charge on any atom is -0.494 e. The van der Waals surface area contributed by atoms with Gasteiger partial charge in [-0.25, -0.2) is 4.98 Å². The van der Waals surface area contributed by atoms with Crippen LogP contribution in [-0.4, -0.2) is 23.3 Å². The van der Waals surface area contributed by atoms with Gasteiger partial charge in [-0.05, 0) is 18.6 Å². The molecule has 0 unspecified atom stereocenters. The molecule has 2 aromatic rings. The summed E-state index contributed by atoms with van der Waals surface area (Å²) in [6.45, 7) is 2.96. The number of ether oxygens (including phenoxy) is 1. The summed E-state index contributed by atoms with van der Waals surface area (Å²) in [6, 6.07) is 7.98. The molecule has 0 saturated carbocycles. The molecule has 0 radical (unpaired) electrons. The SMILES string of the molecule is CCCOc1cccc(-c2nc(CCO)cs2)c1. The largest absolute Gasteiger partial charge is 0.494 e. The summed E-state index contributed by atoms with van der Waals surface area (Å²) in [4.78, 5) is 4.49. The van der Waals surface area contributed by atoms with Crippen LogP contribution >= 0.6 is 11.3 Å². The number of nitrogens with zero attached hydrogens (tertiary/aromatic N) is 1. The van der Waals surface area contributed by atoms with Crippen molar-refractivity contribution in [2.24, 2.45) is 0 Å². The summed E-state index contributed by atoms with van der Waals surface area (Å²) in [5, 5.41) is 11.8. The van der Waals surface area contributed by atoms with Crippen molar-refractivity contribution in [3.8, 4) is 16.3 Å². The molecule has 96 valence electrons. The van der Waals surface area contributed by atoms with Crippen molar-refractivity contribution in [1.82, 2.24) is 4.98 Å². The zero-order chi connectivity index (χ0) is 12.8. The van der Waals surface area contributed by atoms with E-state index < -0.39 is 0 Å². The molecule has 1 N–H and O–H groups in total. The van der Waals surface area contributed by atoms with Gasteiger partial charge in [0.05, 0.1) is 12.3 Å². The summed E-state index contributed by atoms with van der Waals surface area (Å²) in [5.74, 6) is 0.883. The summed E-state index contributed by atoms with van der Waals surface area (Å²) in [7, 11) is 0. The number of aromatic nitrogens is 1. The van der Waals surface area contributed by atoms with E-state index in [1.165, 1.54) is 0 Å². The van der Waals surface area contributed by atoms with Crippen molar-refractivity contribution in [1.29, 1.82) is 0 Å². The Kier molecular flexibility index (Phi) is 4.73. The van der Waals surface area contributed by atoms with Crippen LogP contribution < -0.4 is 4.74 Å². The van der Waals surface area contributed by atoms with Crippen molar-refractivity contribution >= 4 is 11.3 Å². The molecular formula is C14H17NO2S. The molecule has 0 aliphatic rings. The molecule has 0 fully saturated rings. The van der Waals surface area contributed by atoms with Gasteiger partial charge in [0.25, 0.3) is 0 Å². The van der Waals surface area contributed by atoms with Gasteiger partial charge in [0.1, 0.15) is 10.8 Å². The molecule has 0 aliphatic carbocycles. The maximum Gasteiger partial charge on any atom is 0.123 e. The Labute approximate surface area is 111 Å². The first-order valence-corrected chi connectivity index (χ1v) is 7.00. The molecule has 0 atom stereocenters. The van der Waals surface area contributed by atoms with Gasteiger partial charge >= 0.3 is 0 Å². The number of hydrogen-bond donors (Lipinski definition) is 1. The van der Waals surface area contributed by atoms with Crippen LogP contribution in [0, 0.1) is 0 Å². The fraction of sp³-hybridized carbons (Fsp3) is 0.357. The average molecular weight is 263 g/mol. The molecule has 0 spiro atoms. The van der Waals surface area contributed by atoms with Crippen LogP contribution in [0.15, 0.2) is 29.6 Å². The lowest BCUT2D eigenvalue weighted by Crippen LogP contribution is -1.94. The first-order chi connectivity index (χ1) is 8.83. The van der Waals surface area contributed by atoms with Crippen molar-refractivity contribution in [2.75, 3.05) is 13.2 Å². The quantitative estimate of drug-likeness (QED) is 0.870. The highest BCUT2D eigenvalue weighted by molar-refractivity contribution is 7.13. The molecule has 18 heavy (non-hydrogen) atoms. The summed E-state index contributed by atoms with van der Waals surface area (Å²) in [5.41, 5.74) is 2.01. The molecule has 0 bridgehead atoms. The van der Waals surface area contributed by atoms with E-state index in [1.54, 1.807) is 11.3 Å². The Hall–Kier alpha value is -1.39. The van der Waals surface area contributed by atoms with Crippen LogP contribution in [-0.2, 0) is 6.42 Å². The molecule has 1 aromatic carbocycles. The summed E-state index contributed by atoms with van der Waals surface area (Å²) in [6.07, 6.45) is 1.62. The predicted octanol–water partition coefficient (Wildman–Crippen LogP) is 3.13. The third kappa shape index (κ3) is 3.31. The van der Waals surface area contributed by atoms with E-state index in [2.05, 4.69) is 11.9 Å². The maximum atomic E-state index is 8.89.